The van der Waals surface area contributed by atoms with Crippen LogP contribution in [0.3, 0.4) is 0 Å². The third kappa shape index (κ3) is 3.19. The third-order valence-corrected chi connectivity index (χ3v) is 3.73. The number of rotatable bonds is 3. The Bertz CT molecular complexity index is 231. The van der Waals surface area contributed by atoms with Gasteiger partial charge in [0.25, 0.3) is 0 Å². The van der Waals surface area contributed by atoms with Crippen molar-refractivity contribution < 1.29 is 9.53 Å². The zero-order valence-corrected chi connectivity index (χ0v) is 9.86. The molecule has 2 rings (SSSR count). The first kappa shape index (κ1) is 11.9. The molecular formula is C12H22N2O2. The molecular weight excluding hydrogens is 204 g/mol. The van der Waals surface area contributed by atoms with Crippen LogP contribution in [-0.4, -0.2) is 43.2 Å². The van der Waals surface area contributed by atoms with Crippen molar-refractivity contribution in [3.63, 3.8) is 0 Å². The summed E-state index contributed by atoms with van der Waals surface area (Å²) in [5, 5.41) is 0. The minimum absolute atomic E-state index is 0.100. The lowest BCUT2D eigenvalue weighted by molar-refractivity contribution is -0.123. The van der Waals surface area contributed by atoms with Crippen molar-refractivity contribution in [3.05, 3.63) is 0 Å². The summed E-state index contributed by atoms with van der Waals surface area (Å²) in [6.45, 7) is 3.94. The van der Waals surface area contributed by atoms with Gasteiger partial charge in [-0.1, -0.05) is 0 Å². The Morgan fingerprint density at radius 3 is 2.56 bits per heavy atom. The number of primary amides is 1. The van der Waals surface area contributed by atoms with Gasteiger partial charge < -0.3 is 15.4 Å². The van der Waals surface area contributed by atoms with Gasteiger partial charge in [0.2, 0.25) is 5.91 Å². The summed E-state index contributed by atoms with van der Waals surface area (Å²) >= 11 is 0. The lowest BCUT2D eigenvalue weighted by Crippen LogP contribution is -2.43. The molecule has 92 valence electrons. The van der Waals surface area contributed by atoms with Crippen LogP contribution in [0.25, 0.3) is 0 Å². The van der Waals surface area contributed by atoms with E-state index in [2.05, 4.69) is 4.90 Å². The lowest BCUT2D eigenvalue weighted by Gasteiger charge is -2.34. The molecule has 4 nitrogen and oxygen atoms in total. The average molecular weight is 226 g/mol. The van der Waals surface area contributed by atoms with E-state index in [0.717, 1.165) is 39.1 Å². The fraction of sp³-hybridized carbons (Fsp3) is 0.917. The second-order valence-electron chi connectivity index (χ2n) is 4.97. The molecule has 2 aliphatic rings. The predicted molar refractivity (Wildman–Crippen MR) is 61.9 cm³/mol. The summed E-state index contributed by atoms with van der Waals surface area (Å²) in [7, 11) is 0. The number of carbonyl (C=O) groups excluding carboxylic acids is 1. The monoisotopic (exact) mass is 226 g/mol. The van der Waals surface area contributed by atoms with Crippen LogP contribution in [0.1, 0.15) is 32.1 Å². The number of piperidine rings is 1. The molecule has 1 atom stereocenters. The fourth-order valence-corrected chi connectivity index (χ4v) is 2.64. The van der Waals surface area contributed by atoms with Gasteiger partial charge in [0.15, 0.2) is 0 Å². The molecule has 2 aliphatic heterocycles. The van der Waals surface area contributed by atoms with Gasteiger partial charge in [-0.15, -0.1) is 0 Å². The zero-order valence-electron chi connectivity index (χ0n) is 9.86. The molecule has 0 aromatic rings. The van der Waals surface area contributed by atoms with E-state index in [4.69, 9.17) is 10.5 Å². The first-order valence-corrected chi connectivity index (χ1v) is 6.39. The van der Waals surface area contributed by atoms with Crippen LogP contribution in [0.5, 0.6) is 0 Å². The second kappa shape index (κ2) is 5.64. The Labute approximate surface area is 97.1 Å². The molecule has 2 fully saturated rings. The van der Waals surface area contributed by atoms with Crippen molar-refractivity contribution in [2.45, 2.75) is 38.2 Å². The number of ether oxygens (including phenoxy) is 1. The van der Waals surface area contributed by atoms with Gasteiger partial charge in [-0.25, -0.2) is 0 Å². The SMILES string of the molecule is NC(=O)C1CCN(C[C@@H]2CCCCO2)CC1. The zero-order chi connectivity index (χ0) is 11.4. The smallest absolute Gasteiger partial charge is 0.220 e. The Kier molecular flexibility index (Phi) is 4.18. The highest BCUT2D eigenvalue weighted by atomic mass is 16.5. The minimum atomic E-state index is -0.131. The molecule has 1 amide bonds. The van der Waals surface area contributed by atoms with Crippen LogP contribution < -0.4 is 5.73 Å². The van der Waals surface area contributed by atoms with Crippen molar-refractivity contribution in [2.75, 3.05) is 26.2 Å². The maximum atomic E-state index is 11.0. The Hall–Kier alpha value is -0.610. The van der Waals surface area contributed by atoms with Crippen LogP contribution in [0.15, 0.2) is 0 Å². The molecule has 0 bridgehead atoms. The van der Waals surface area contributed by atoms with E-state index >= 15 is 0 Å². The molecule has 4 heteroatoms. The molecule has 0 unspecified atom stereocenters. The van der Waals surface area contributed by atoms with Gasteiger partial charge in [0, 0.05) is 19.1 Å². The van der Waals surface area contributed by atoms with E-state index in [9.17, 15) is 4.79 Å². The van der Waals surface area contributed by atoms with E-state index in [1.165, 1.54) is 19.3 Å². The van der Waals surface area contributed by atoms with Crippen molar-refractivity contribution in [1.29, 1.82) is 0 Å². The highest BCUT2D eigenvalue weighted by molar-refractivity contribution is 5.76. The highest BCUT2D eigenvalue weighted by Gasteiger charge is 2.25. The third-order valence-electron chi connectivity index (χ3n) is 3.73. The van der Waals surface area contributed by atoms with Crippen LogP contribution in [0.2, 0.25) is 0 Å². The lowest BCUT2D eigenvalue weighted by atomic mass is 9.96. The van der Waals surface area contributed by atoms with Crippen LogP contribution in [-0.2, 0) is 9.53 Å². The predicted octanol–water partition coefficient (Wildman–Crippen LogP) is 0.753. The number of hydrogen-bond acceptors (Lipinski definition) is 3. The number of nitrogens with zero attached hydrogens (tertiary/aromatic N) is 1. The molecule has 2 saturated heterocycles. The molecule has 2 heterocycles. The van der Waals surface area contributed by atoms with Crippen LogP contribution in [0.4, 0.5) is 0 Å². The summed E-state index contributed by atoms with van der Waals surface area (Å²) < 4.78 is 5.72. The van der Waals surface area contributed by atoms with E-state index in [1.54, 1.807) is 0 Å². The van der Waals surface area contributed by atoms with Crippen LogP contribution >= 0.6 is 0 Å². The van der Waals surface area contributed by atoms with E-state index < -0.39 is 0 Å². The number of nitrogens with two attached hydrogens (primary N) is 1. The molecule has 0 aliphatic carbocycles. The normalized spacial score (nSPS) is 29.1. The fourth-order valence-electron chi connectivity index (χ4n) is 2.64. The first-order chi connectivity index (χ1) is 7.75. The topological polar surface area (TPSA) is 55.6 Å². The maximum absolute atomic E-state index is 11.0. The van der Waals surface area contributed by atoms with Crippen molar-refractivity contribution in [3.8, 4) is 0 Å². The Morgan fingerprint density at radius 1 is 1.25 bits per heavy atom. The van der Waals surface area contributed by atoms with Gasteiger partial charge in [-0.2, -0.15) is 0 Å². The van der Waals surface area contributed by atoms with Crippen molar-refractivity contribution >= 4 is 5.91 Å². The first-order valence-electron chi connectivity index (χ1n) is 6.39. The van der Waals surface area contributed by atoms with Crippen molar-refractivity contribution in [1.82, 2.24) is 4.90 Å². The number of carbonyl (C=O) groups is 1. The summed E-state index contributed by atoms with van der Waals surface area (Å²) in [6.07, 6.45) is 5.95. The van der Waals surface area contributed by atoms with Crippen LogP contribution in [0, 0.1) is 5.92 Å². The summed E-state index contributed by atoms with van der Waals surface area (Å²) in [5.74, 6) is -0.0305. The summed E-state index contributed by atoms with van der Waals surface area (Å²) in [4.78, 5) is 13.4. The summed E-state index contributed by atoms with van der Waals surface area (Å²) in [6, 6.07) is 0. The second-order valence-corrected chi connectivity index (χ2v) is 4.97. The number of amides is 1. The summed E-state index contributed by atoms with van der Waals surface area (Å²) in [5.41, 5.74) is 5.31. The molecule has 0 aromatic carbocycles. The van der Waals surface area contributed by atoms with Gasteiger partial charge in [0.05, 0.1) is 6.10 Å². The molecule has 0 saturated carbocycles. The Balaban J connectivity index is 1.70. The highest BCUT2D eigenvalue weighted by Crippen LogP contribution is 2.19. The minimum Gasteiger partial charge on any atom is -0.377 e. The Morgan fingerprint density at radius 2 is 2.00 bits per heavy atom. The molecule has 2 N–H and O–H groups in total. The van der Waals surface area contributed by atoms with E-state index in [1.807, 2.05) is 0 Å². The standard InChI is InChI=1S/C12H22N2O2/c13-12(15)10-4-6-14(7-5-10)9-11-3-1-2-8-16-11/h10-11H,1-9H2,(H2,13,15)/t11-/m0/s1. The van der Waals surface area contributed by atoms with Gasteiger partial charge >= 0.3 is 0 Å². The van der Waals surface area contributed by atoms with E-state index in [-0.39, 0.29) is 11.8 Å². The average Bonchev–Trinajstić information content (AvgIpc) is 2.31. The van der Waals surface area contributed by atoms with Gasteiger partial charge in [-0.3, -0.25) is 4.79 Å². The van der Waals surface area contributed by atoms with Gasteiger partial charge in [-0.05, 0) is 45.2 Å². The van der Waals surface area contributed by atoms with Crippen molar-refractivity contribution in [2.24, 2.45) is 11.7 Å². The van der Waals surface area contributed by atoms with E-state index in [0.29, 0.717) is 6.10 Å². The maximum Gasteiger partial charge on any atom is 0.220 e. The number of hydrogen-bond donors (Lipinski definition) is 1. The molecule has 0 spiro atoms. The molecule has 16 heavy (non-hydrogen) atoms. The largest absolute Gasteiger partial charge is 0.377 e. The van der Waals surface area contributed by atoms with Gasteiger partial charge in [0.1, 0.15) is 0 Å². The quantitative estimate of drug-likeness (QED) is 0.772. The molecule has 0 aromatic heterocycles. The number of likely N-dealkylation sites (tertiary alicyclic amines) is 1. The molecule has 0 radical (unpaired) electrons.